The average Bonchev–Trinajstić information content (AvgIpc) is 2.28. The van der Waals surface area contributed by atoms with Crippen molar-refractivity contribution in [1.82, 2.24) is 4.31 Å². The summed E-state index contributed by atoms with van der Waals surface area (Å²) >= 11 is 0. The Balaban J connectivity index is 2.31. The third-order valence-electron chi connectivity index (χ3n) is 2.79. The lowest BCUT2D eigenvalue weighted by Crippen LogP contribution is -2.43. The van der Waals surface area contributed by atoms with E-state index in [1.807, 2.05) is 0 Å². The minimum absolute atomic E-state index is 0.0704. The van der Waals surface area contributed by atoms with Crippen molar-refractivity contribution in [1.29, 1.82) is 0 Å². The molecule has 0 aliphatic carbocycles. The molecule has 0 saturated carbocycles. The summed E-state index contributed by atoms with van der Waals surface area (Å²) in [6.45, 7) is -0.141. The van der Waals surface area contributed by atoms with Crippen LogP contribution >= 0.6 is 0 Å². The van der Waals surface area contributed by atoms with E-state index in [0.29, 0.717) is 0 Å². The van der Waals surface area contributed by atoms with Crippen molar-refractivity contribution < 1.29 is 21.9 Å². The molecule has 1 N–H and O–H groups in total. The molecule has 100 valence electrons. The largest absolute Gasteiger partial charge is 0.507 e. The Hall–Kier alpha value is -1.12. The fourth-order valence-corrected chi connectivity index (χ4v) is 4.71. The molecule has 2 rings (SSSR count). The van der Waals surface area contributed by atoms with Gasteiger partial charge in [-0.25, -0.2) is 16.8 Å². The fraction of sp³-hybridized carbons (Fsp3) is 0.400. The Kier molecular flexibility index (Phi) is 3.35. The number of phenols is 1. The normalized spacial score (nSPS) is 20.7. The molecule has 0 amide bonds. The van der Waals surface area contributed by atoms with Crippen LogP contribution in [0.3, 0.4) is 0 Å². The summed E-state index contributed by atoms with van der Waals surface area (Å²) in [6.07, 6.45) is 0. The van der Waals surface area contributed by atoms with Crippen molar-refractivity contribution in [2.75, 3.05) is 24.6 Å². The van der Waals surface area contributed by atoms with E-state index in [0.717, 1.165) is 4.31 Å². The van der Waals surface area contributed by atoms with Crippen molar-refractivity contribution >= 4 is 19.9 Å². The first kappa shape index (κ1) is 13.3. The maximum atomic E-state index is 12.2. The number of rotatable bonds is 2. The lowest BCUT2D eigenvalue weighted by atomic mass is 10.3. The molecule has 1 saturated heterocycles. The van der Waals surface area contributed by atoms with E-state index >= 15 is 0 Å². The van der Waals surface area contributed by atoms with Gasteiger partial charge < -0.3 is 5.11 Å². The van der Waals surface area contributed by atoms with Crippen molar-refractivity contribution in [3.63, 3.8) is 0 Å². The second-order valence-corrected chi connectivity index (χ2v) is 8.23. The summed E-state index contributed by atoms with van der Waals surface area (Å²) in [5.74, 6) is -0.689. The minimum atomic E-state index is -3.82. The highest BCUT2D eigenvalue weighted by Crippen LogP contribution is 2.25. The number of phenolic OH excluding ortho intramolecular Hbond substituents is 1. The Morgan fingerprint density at radius 2 is 1.67 bits per heavy atom. The highest BCUT2D eigenvalue weighted by molar-refractivity contribution is 7.92. The Morgan fingerprint density at radius 3 is 2.22 bits per heavy atom. The van der Waals surface area contributed by atoms with E-state index in [1.54, 1.807) is 0 Å². The minimum Gasteiger partial charge on any atom is -0.507 e. The van der Waals surface area contributed by atoms with Gasteiger partial charge in [-0.1, -0.05) is 12.1 Å². The van der Waals surface area contributed by atoms with Gasteiger partial charge in [0.15, 0.2) is 9.84 Å². The molecule has 0 spiro atoms. The maximum Gasteiger partial charge on any atom is 0.246 e. The van der Waals surface area contributed by atoms with Crippen molar-refractivity contribution in [3.8, 4) is 5.75 Å². The maximum absolute atomic E-state index is 12.2. The van der Waals surface area contributed by atoms with E-state index in [4.69, 9.17) is 0 Å². The molecule has 6 nitrogen and oxygen atoms in total. The van der Waals surface area contributed by atoms with Crippen molar-refractivity contribution in [3.05, 3.63) is 24.3 Å². The molecule has 1 fully saturated rings. The predicted octanol–water partition coefficient (Wildman–Crippen LogP) is -0.189. The third kappa shape index (κ3) is 2.50. The average molecular weight is 291 g/mol. The number of benzene rings is 1. The lowest BCUT2D eigenvalue weighted by Gasteiger charge is -2.26. The Morgan fingerprint density at radius 1 is 1.11 bits per heavy atom. The van der Waals surface area contributed by atoms with Crippen LogP contribution < -0.4 is 0 Å². The summed E-state index contributed by atoms with van der Waals surface area (Å²) in [7, 11) is -6.96. The molecule has 0 atom stereocenters. The summed E-state index contributed by atoms with van der Waals surface area (Å²) in [4.78, 5) is -0.190. The van der Waals surface area contributed by atoms with Crippen LogP contribution in [-0.4, -0.2) is 50.8 Å². The second kappa shape index (κ2) is 4.52. The molecule has 0 unspecified atom stereocenters. The van der Waals surface area contributed by atoms with Gasteiger partial charge in [-0.2, -0.15) is 4.31 Å². The molecule has 0 bridgehead atoms. The van der Waals surface area contributed by atoms with Crippen LogP contribution in [-0.2, 0) is 19.9 Å². The van der Waals surface area contributed by atoms with Gasteiger partial charge in [-0.05, 0) is 12.1 Å². The summed E-state index contributed by atoms with van der Waals surface area (Å²) in [6, 6.07) is 5.61. The van der Waals surface area contributed by atoms with E-state index in [-0.39, 0.29) is 35.2 Å². The quantitative estimate of drug-likeness (QED) is 0.815. The van der Waals surface area contributed by atoms with Crippen LogP contribution in [0, 0.1) is 0 Å². The highest BCUT2D eigenvalue weighted by Gasteiger charge is 2.32. The highest BCUT2D eigenvalue weighted by atomic mass is 32.2. The molecule has 1 aliphatic rings. The van der Waals surface area contributed by atoms with Gasteiger partial charge in [0.2, 0.25) is 10.0 Å². The van der Waals surface area contributed by atoms with Gasteiger partial charge >= 0.3 is 0 Å². The number of aromatic hydroxyl groups is 1. The summed E-state index contributed by atoms with van der Waals surface area (Å²) < 4.78 is 48.0. The zero-order valence-corrected chi connectivity index (χ0v) is 11.1. The molecule has 1 aromatic carbocycles. The lowest BCUT2D eigenvalue weighted by molar-refractivity contribution is 0.420. The first-order valence-corrected chi connectivity index (χ1v) is 8.58. The summed E-state index contributed by atoms with van der Waals surface area (Å²) in [5, 5.41) is 9.56. The van der Waals surface area contributed by atoms with Gasteiger partial charge in [0.05, 0.1) is 11.5 Å². The van der Waals surface area contributed by atoms with E-state index in [1.165, 1.54) is 24.3 Å². The van der Waals surface area contributed by atoms with Crippen LogP contribution in [0.15, 0.2) is 29.2 Å². The van der Waals surface area contributed by atoms with Gasteiger partial charge in [-0.3, -0.25) is 0 Å². The molecular weight excluding hydrogens is 278 g/mol. The SMILES string of the molecule is O=S1(=O)CCN(S(=O)(=O)c2ccccc2O)CC1. The Labute approximate surface area is 106 Å². The van der Waals surface area contributed by atoms with Gasteiger partial charge in [0, 0.05) is 13.1 Å². The van der Waals surface area contributed by atoms with E-state index < -0.39 is 19.9 Å². The number of hydrogen-bond donors (Lipinski definition) is 1. The first-order chi connectivity index (χ1) is 8.33. The van der Waals surface area contributed by atoms with Crippen LogP contribution in [0.1, 0.15) is 0 Å². The number of sulfonamides is 1. The molecule has 8 heteroatoms. The topological polar surface area (TPSA) is 91.8 Å². The number of nitrogens with zero attached hydrogens (tertiary/aromatic N) is 1. The van der Waals surface area contributed by atoms with Crippen LogP contribution in [0.2, 0.25) is 0 Å². The number of para-hydroxylation sites is 1. The van der Waals surface area contributed by atoms with Gasteiger partial charge in [0.25, 0.3) is 0 Å². The smallest absolute Gasteiger partial charge is 0.246 e. The molecule has 1 aromatic rings. The molecule has 0 radical (unpaired) electrons. The van der Waals surface area contributed by atoms with Crippen LogP contribution in [0.5, 0.6) is 5.75 Å². The van der Waals surface area contributed by atoms with Crippen molar-refractivity contribution in [2.24, 2.45) is 0 Å². The van der Waals surface area contributed by atoms with Crippen LogP contribution in [0.4, 0.5) is 0 Å². The monoisotopic (exact) mass is 291 g/mol. The molecular formula is C10H13NO5S2. The molecule has 18 heavy (non-hydrogen) atoms. The van der Waals surface area contributed by atoms with Crippen LogP contribution in [0.25, 0.3) is 0 Å². The standard InChI is InChI=1S/C10H13NO5S2/c12-9-3-1-2-4-10(9)18(15,16)11-5-7-17(13,14)8-6-11/h1-4,12H,5-8H2. The first-order valence-electron chi connectivity index (χ1n) is 5.31. The second-order valence-electron chi connectivity index (χ2n) is 4.02. The Bertz CT molecular complexity index is 637. The zero-order chi connectivity index (χ0) is 13.4. The van der Waals surface area contributed by atoms with Gasteiger partial charge in [0.1, 0.15) is 10.6 Å². The third-order valence-corrected chi connectivity index (χ3v) is 6.34. The molecule has 0 aromatic heterocycles. The number of hydrogen-bond acceptors (Lipinski definition) is 5. The molecule has 1 aliphatic heterocycles. The summed E-state index contributed by atoms with van der Waals surface area (Å²) in [5.41, 5.74) is 0. The zero-order valence-electron chi connectivity index (χ0n) is 9.48. The molecule has 1 heterocycles. The van der Waals surface area contributed by atoms with Crippen molar-refractivity contribution in [2.45, 2.75) is 4.90 Å². The number of sulfone groups is 1. The predicted molar refractivity (Wildman–Crippen MR) is 65.5 cm³/mol. The fourth-order valence-electron chi connectivity index (χ4n) is 1.75. The van der Waals surface area contributed by atoms with Gasteiger partial charge in [-0.15, -0.1) is 0 Å². The van der Waals surface area contributed by atoms with E-state index in [9.17, 15) is 21.9 Å². The van der Waals surface area contributed by atoms with E-state index in [2.05, 4.69) is 0 Å².